The van der Waals surface area contributed by atoms with Gasteiger partial charge in [-0.2, -0.15) is 0 Å². The number of ether oxygens (including phenoxy) is 1. The predicted octanol–water partition coefficient (Wildman–Crippen LogP) is 5.84. The molecule has 1 aromatic rings. The van der Waals surface area contributed by atoms with Gasteiger partial charge in [-0.05, 0) is 30.5 Å². The molecule has 1 nitrogen and oxygen atoms in total. The van der Waals surface area contributed by atoms with Crippen molar-refractivity contribution in [3.8, 4) is 0 Å². The normalized spacial score (nSPS) is 11.8. The number of hydrogen-bond acceptors (Lipinski definition) is 1. The van der Waals surface area contributed by atoms with Gasteiger partial charge in [-0.25, -0.2) is 0 Å². The Morgan fingerprint density at radius 2 is 1.68 bits per heavy atom. The molecule has 0 aliphatic heterocycles. The highest BCUT2D eigenvalue weighted by molar-refractivity contribution is 9.09. The molecule has 0 saturated carbocycles. The van der Waals surface area contributed by atoms with Crippen molar-refractivity contribution >= 4 is 27.5 Å². The number of benzene rings is 1. The van der Waals surface area contributed by atoms with Gasteiger partial charge in [0.2, 0.25) is 0 Å². The fourth-order valence-corrected chi connectivity index (χ4v) is 3.32. The average Bonchev–Trinajstić information content (AvgIpc) is 2.41. The van der Waals surface area contributed by atoms with Gasteiger partial charge in [-0.1, -0.05) is 66.4 Å². The first-order valence-electron chi connectivity index (χ1n) is 7.04. The molecule has 1 aromatic carbocycles. The van der Waals surface area contributed by atoms with Gasteiger partial charge in [0.25, 0.3) is 0 Å². The summed E-state index contributed by atoms with van der Waals surface area (Å²) in [6.07, 6.45) is 4.84. The minimum atomic E-state index is 0.288. The van der Waals surface area contributed by atoms with Crippen LogP contribution in [0.2, 0.25) is 5.02 Å². The molecule has 0 heterocycles. The van der Waals surface area contributed by atoms with Gasteiger partial charge in [0.05, 0.1) is 13.2 Å². The van der Waals surface area contributed by atoms with Gasteiger partial charge in [0.1, 0.15) is 0 Å². The van der Waals surface area contributed by atoms with Gasteiger partial charge in [-0.3, -0.25) is 0 Å². The Hall–Kier alpha value is -0.0500. The number of hydrogen-bond donors (Lipinski definition) is 0. The van der Waals surface area contributed by atoms with E-state index in [2.05, 4.69) is 29.8 Å². The fourth-order valence-electron chi connectivity index (χ4n) is 2.47. The molecule has 0 aliphatic carbocycles. The summed E-state index contributed by atoms with van der Waals surface area (Å²) in [4.78, 5) is 0. The molecule has 0 bridgehead atoms. The van der Waals surface area contributed by atoms with Crippen molar-refractivity contribution in [3.05, 3.63) is 34.9 Å². The van der Waals surface area contributed by atoms with E-state index in [-0.39, 0.29) is 5.41 Å². The van der Waals surface area contributed by atoms with Crippen LogP contribution in [0.4, 0.5) is 0 Å². The Bertz CT molecular complexity index is 344. The smallest absolute Gasteiger partial charge is 0.0717 e. The lowest BCUT2D eigenvalue weighted by molar-refractivity contribution is 0.0355. The molecule has 3 heteroatoms. The molecule has 0 spiro atoms. The molecule has 1 rings (SSSR count). The topological polar surface area (TPSA) is 9.23 Å². The molecule has 0 fully saturated rings. The number of rotatable bonds is 9. The second-order valence-electron chi connectivity index (χ2n) is 5.25. The summed E-state index contributed by atoms with van der Waals surface area (Å²) in [5, 5.41) is 1.79. The Morgan fingerprint density at radius 3 is 2.16 bits per heavy atom. The van der Waals surface area contributed by atoms with E-state index in [4.69, 9.17) is 16.3 Å². The van der Waals surface area contributed by atoms with Gasteiger partial charge in [0, 0.05) is 15.8 Å². The summed E-state index contributed by atoms with van der Waals surface area (Å²) < 4.78 is 5.95. The van der Waals surface area contributed by atoms with Crippen LogP contribution >= 0.6 is 27.5 Å². The highest BCUT2D eigenvalue weighted by atomic mass is 79.9. The van der Waals surface area contributed by atoms with Crippen molar-refractivity contribution in [2.45, 2.75) is 46.1 Å². The first-order chi connectivity index (χ1) is 9.15. The lowest BCUT2D eigenvalue weighted by atomic mass is 9.82. The monoisotopic (exact) mass is 346 g/mol. The van der Waals surface area contributed by atoms with E-state index >= 15 is 0 Å². The molecule has 0 amide bonds. The quantitative estimate of drug-likeness (QED) is 0.510. The van der Waals surface area contributed by atoms with Crippen molar-refractivity contribution in [2.75, 3.05) is 11.9 Å². The van der Waals surface area contributed by atoms with Crippen molar-refractivity contribution in [1.29, 1.82) is 0 Å². The maximum absolute atomic E-state index is 5.95. The van der Waals surface area contributed by atoms with Gasteiger partial charge < -0.3 is 4.74 Å². The summed E-state index contributed by atoms with van der Waals surface area (Å²) in [6.45, 7) is 5.97. The van der Waals surface area contributed by atoms with Crippen molar-refractivity contribution in [3.63, 3.8) is 0 Å². The van der Waals surface area contributed by atoms with Gasteiger partial charge in [-0.15, -0.1) is 0 Å². The van der Waals surface area contributed by atoms with E-state index in [1.54, 1.807) is 0 Å². The van der Waals surface area contributed by atoms with Crippen LogP contribution in [-0.2, 0) is 11.3 Å². The highest BCUT2D eigenvalue weighted by Crippen LogP contribution is 2.32. The zero-order chi connectivity index (χ0) is 14.1. The number of halogens is 2. The maximum atomic E-state index is 5.95. The second kappa shape index (κ2) is 8.99. The number of alkyl halides is 1. The minimum absolute atomic E-state index is 0.288. The molecular weight excluding hydrogens is 324 g/mol. The van der Waals surface area contributed by atoms with Crippen LogP contribution < -0.4 is 0 Å². The molecule has 0 N–H and O–H groups in total. The lowest BCUT2D eigenvalue weighted by Gasteiger charge is -2.31. The third-order valence-corrected chi connectivity index (χ3v) is 4.88. The molecule has 0 aromatic heterocycles. The van der Waals surface area contributed by atoms with E-state index in [9.17, 15) is 0 Å². The zero-order valence-corrected chi connectivity index (χ0v) is 14.3. The standard InChI is InChI=1S/C16H24BrClO/c1-3-9-16(12-17,10-4-2)13-19-11-14-5-7-15(18)8-6-14/h5-8H,3-4,9-13H2,1-2H3. The summed E-state index contributed by atoms with van der Waals surface area (Å²) in [6, 6.07) is 7.88. The third-order valence-electron chi connectivity index (χ3n) is 3.43. The lowest BCUT2D eigenvalue weighted by Crippen LogP contribution is -2.28. The van der Waals surface area contributed by atoms with E-state index < -0.39 is 0 Å². The van der Waals surface area contributed by atoms with Crippen molar-refractivity contribution in [1.82, 2.24) is 0 Å². The molecule has 0 aliphatic rings. The van der Waals surface area contributed by atoms with Gasteiger partial charge in [0.15, 0.2) is 0 Å². The largest absolute Gasteiger partial charge is 0.376 e. The van der Waals surface area contributed by atoms with Crippen LogP contribution in [-0.4, -0.2) is 11.9 Å². The first-order valence-corrected chi connectivity index (χ1v) is 8.54. The molecule has 0 unspecified atom stereocenters. The van der Waals surface area contributed by atoms with E-state index in [0.29, 0.717) is 6.61 Å². The van der Waals surface area contributed by atoms with Crippen LogP contribution in [0.3, 0.4) is 0 Å². The summed E-state index contributed by atoms with van der Waals surface area (Å²) in [5.74, 6) is 0. The molecule has 0 saturated heterocycles. The van der Waals surface area contributed by atoms with E-state index in [1.807, 2.05) is 24.3 Å². The average molecular weight is 348 g/mol. The first kappa shape index (κ1) is 17.0. The van der Waals surface area contributed by atoms with E-state index in [0.717, 1.165) is 17.0 Å². The maximum Gasteiger partial charge on any atom is 0.0717 e. The Morgan fingerprint density at radius 1 is 1.11 bits per heavy atom. The SMILES string of the molecule is CCCC(CBr)(CCC)COCc1ccc(Cl)cc1. The summed E-state index contributed by atoms with van der Waals surface area (Å²) in [7, 11) is 0. The van der Waals surface area contributed by atoms with Crippen LogP contribution in [0.5, 0.6) is 0 Å². The Kier molecular flexibility index (Phi) is 8.05. The highest BCUT2D eigenvalue weighted by Gasteiger charge is 2.27. The molecule has 0 radical (unpaired) electrons. The van der Waals surface area contributed by atoms with Gasteiger partial charge >= 0.3 is 0 Å². The van der Waals surface area contributed by atoms with Crippen LogP contribution in [0.25, 0.3) is 0 Å². The Balaban J connectivity index is 2.49. The van der Waals surface area contributed by atoms with Crippen LogP contribution in [0.15, 0.2) is 24.3 Å². The second-order valence-corrected chi connectivity index (χ2v) is 6.25. The van der Waals surface area contributed by atoms with Crippen molar-refractivity contribution < 1.29 is 4.74 Å². The summed E-state index contributed by atoms with van der Waals surface area (Å²) in [5.41, 5.74) is 1.47. The summed E-state index contributed by atoms with van der Waals surface area (Å²) >= 11 is 9.55. The molecular formula is C16H24BrClO. The molecule has 108 valence electrons. The minimum Gasteiger partial charge on any atom is -0.376 e. The molecule has 19 heavy (non-hydrogen) atoms. The Labute approximate surface area is 130 Å². The zero-order valence-electron chi connectivity index (χ0n) is 11.9. The third kappa shape index (κ3) is 5.85. The van der Waals surface area contributed by atoms with Crippen LogP contribution in [0.1, 0.15) is 45.1 Å². The van der Waals surface area contributed by atoms with Crippen molar-refractivity contribution in [2.24, 2.45) is 5.41 Å². The predicted molar refractivity (Wildman–Crippen MR) is 87.2 cm³/mol. The van der Waals surface area contributed by atoms with Crippen LogP contribution in [0, 0.1) is 5.41 Å². The molecule has 0 atom stereocenters. The fraction of sp³-hybridized carbons (Fsp3) is 0.625. The van der Waals surface area contributed by atoms with E-state index in [1.165, 1.54) is 31.2 Å².